The van der Waals surface area contributed by atoms with Crippen molar-refractivity contribution < 1.29 is 19.7 Å². The third-order valence-corrected chi connectivity index (χ3v) is 2.86. The number of hydrogen-bond donors (Lipinski definition) is 3. The van der Waals surface area contributed by atoms with Crippen LogP contribution in [0.25, 0.3) is 0 Å². The van der Waals surface area contributed by atoms with Crippen LogP contribution in [0.4, 0.5) is 5.82 Å². The number of methoxy groups -OCH3 is 1. The second-order valence-electron chi connectivity index (χ2n) is 4.00. The number of anilines is 1. The lowest BCUT2D eigenvalue weighted by Crippen LogP contribution is -2.28. The van der Waals surface area contributed by atoms with Gasteiger partial charge in [0.1, 0.15) is 12.3 Å². The Bertz CT molecular complexity index is 489. The molecule has 18 heavy (non-hydrogen) atoms. The molecule has 0 saturated carbocycles. The van der Waals surface area contributed by atoms with Crippen LogP contribution in [0, 0.1) is 0 Å². The number of aromatic nitrogens is 2. The third kappa shape index (κ3) is 2.17. The maximum absolute atomic E-state index is 11.7. The molecule has 8 heteroatoms. The molecular weight excluding hydrogens is 242 g/mol. The van der Waals surface area contributed by atoms with Gasteiger partial charge in [-0.25, -0.2) is 4.79 Å². The fraction of sp³-hybridized carbons (Fsp3) is 0.600. The van der Waals surface area contributed by atoms with E-state index in [0.717, 1.165) is 0 Å². The van der Waals surface area contributed by atoms with Gasteiger partial charge in [-0.3, -0.25) is 4.57 Å². The second-order valence-corrected chi connectivity index (χ2v) is 4.00. The Morgan fingerprint density at radius 2 is 2.44 bits per heavy atom. The monoisotopic (exact) mass is 257 g/mol. The van der Waals surface area contributed by atoms with Crippen LogP contribution in [-0.4, -0.2) is 45.7 Å². The van der Waals surface area contributed by atoms with Crippen molar-refractivity contribution in [3.05, 3.63) is 16.7 Å². The maximum atomic E-state index is 11.7. The largest absolute Gasteiger partial charge is 0.491 e. The Morgan fingerprint density at radius 3 is 3.00 bits per heavy atom. The number of hydrogen-bond acceptors (Lipinski definition) is 7. The van der Waals surface area contributed by atoms with Crippen LogP contribution in [0.15, 0.2) is 11.0 Å². The van der Waals surface area contributed by atoms with Crippen LogP contribution in [0.2, 0.25) is 0 Å². The average Bonchev–Trinajstić information content (AvgIpc) is 2.70. The van der Waals surface area contributed by atoms with Crippen LogP contribution in [-0.2, 0) is 4.74 Å². The van der Waals surface area contributed by atoms with Crippen molar-refractivity contribution in [1.29, 1.82) is 0 Å². The van der Waals surface area contributed by atoms with Crippen LogP contribution >= 0.6 is 0 Å². The Morgan fingerprint density at radius 1 is 1.72 bits per heavy atom. The summed E-state index contributed by atoms with van der Waals surface area (Å²) in [5, 5.41) is 18.6. The molecule has 0 aliphatic carbocycles. The summed E-state index contributed by atoms with van der Waals surface area (Å²) in [6, 6.07) is 0. The van der Waals surface area contributed by atoms with E-state index < -0.39 is 24.1 Å². The van der Waals surface area contributed by atoms with E-state index in [4.69, 9.17) is 20.3 Å². The lowest BCUT2D eigenvalue weighted by molar-refractivity contribution is -0.0460. The number of nitrogens with zero attached hydrogens (tertiary/aromatic N) is 2. The van der Waals surface area contributed by atoms with E-state index in [-0.39, 0.29) is 24.6 Å². The highest BCUT2D eigenvalue weighted by molar-refractivity contribution is 5.43. The zero-order chi connectivity index (χ0) is 13.3. The van der Waals surface area contributed by atoms with Crippen LogP contribution in [0.5, 0.6) is 5.75 Å². The van der Waals surface area contributed by atoms with Gasteiger partial charge >= 0.3 is 5.69 Å². The van der Waals surface area contributed by atoms with Gasteiger partial charge in [-0.05, 0) is 0 Å². The Labute approximate surface area is 103 Å². The van der Waals surface area contributed by atoms with E-state index in [9.17, 15) is 9.90 Å². The van der Waals surface area contributed by atoms with Crippen LogP contribution < -0.4 is 16.2 Å². The Hall–Kier alpha value is -1.64. The van der Waals surface area contributed by atoms with E-state index in [2.05, 4.69) is 4.98 Å². The number of nitrogen functional groups attached to an aromatic ring is 1. The maximum Gasteiger partial charge on any atom is 0.351 e. The van der Waals surface area contributed by atoms with Gasteiger partial charge < -0.3 is 25.4 Å². The molecule has 8 nitrogen and oxygen atoms in total. The summed E-state index contributed by atoms with van der Waals surface area (Å²) < 4.78 is 11.5. The molecule has 1 aromatic heterocycles. The summed E-state index contributed by atoms with van der Waals surface area (Å²) in [6.07, 6.45) is -0.644. The lowest BCUT2D eigenvalue weighted by atomic mass is 10.2. The highest BCUT2D eigenvalue weighted by Crippen LogP contribution is 2.28. The van der Waals surface area contributed by atoms with Gasteiger partial charge in [0, 0.05) is 6.42 Å². The van der Waals surface area contributed by atoms with Crippen LogP contribution in [0.3, 0.4) is 0 Å². The normalized spacial score (nSPS) is 27.4. The van der Waals surface area contributed by atoms with E-state index >= 15 is 0 Å². The molecule has 1 aliphatic heterocycles. The highest BCUT2D eigenvalue weighted by atomic mass is 16.5. The fourth-order valence-electron chi connectivity index (χ4n) is 1.88. The van der Waals surface area contributed by atoms with E-state index in [0.29, 0.717) is 0 Å². The molecule has 1 aliphatic rings. The lowest BCUT2D eigenvalue weighted by Gasteiger charge is -2.15. The SMILES string of the molecule is COc1cn([C@@H]2C[C@@H](O)[C@H](CO)O2)c(=O)nc1N. The quantitative estimate of drug-likeness (QED) is 0.601. The first-order valence-corrected chi connectivity index (χ1v) is 5.43. The van der Waals surface area contributed by atoms with Gasteiger partial charge in [0.15, 0.2) is 11.6 Å². The summed E-state index contributed by atoms with van der Waals surface area (Å²) in [4.78, 5) is 15.3. The molecule has 2 rings (SSSR count). The second kappa shape index (κ2) is 4.92. The predicted molar refractivity (Wildman–Crippen MR) is 61.1 cm³/mol. The van der Waals surface area contributed by atoms with Crippen molar-refractivity contribution >= 4 is 5.82 Å². The molecule has 100 valence electrons. The highest BCUT2D eigenvalue weighted by Gasteiger charge is 2.35. The van der Waals surface area contributed by atoms with Gasteiger partial charge in [-0.15, -0.1) is 0 Å². The summed E-state index contributed by atoms with van der Waals surface area (Å²) >= 11 is 0. The van der Waals surface area contributed by atoms with Crippen molar-refractivity contribution in [1.82, 2.24) is 9.55 Å². The van der Waals surface area contributed by atoms with Gasteiger partial charge in [-0.1, -0.05) is 0 Å². The van der Waals surface area contributed by atoms with Gasteiger partial charge in [0.05, 0.1) is 26.0 Å². The molecule has 0 amide bonds. The first kappa shape index (κ1) is 12.8. The summed E-state index contributed by atoms with van der Waals surface area (Å²) in [5.74, 6) is 0.246. The van der Waals surface area contributed by atoms with E-state index in [1.807, 2.05) is 0 Å². The molecule has 1 aromatic rings. The van der Waals surface area contributed by atoms with Crippen molar-refractivity contribution in [2.75, 3.05) is 19.5 Å². The Balaban J connectivity index is 2.32. The topological polar surface area (TPSA) is 120 Å². The van der Waals surface area contributed by atoms with Crippen molar-refractivity contribution in [2.45, 2.75) is 24.9 Å². The zero-order valence-electron chi connectivity index (χ0n) is 9.81. The number of ether oxygens (including phenoxy) is 2. The molecule has 0 unspecified atom stereocenters. The molecule has 1 saturated heterocycles. The smallest absolute Gasteiger partial charge is 0.351 e. The van der Waals surface area contributed by atoms with Gasteiger partial charge in [0.2, 0.25) is 0 Å². The fourth-order valence-corrected chi connectivity index (χ4v) is 1.88. The first-order chi connectivity index (χ1) is 8.56. The number of rotatable bonds is 3. The van der Waals surface area contributed by atoms with Crippen molar-refractivity contribution in [3.8, 4) is 5.75 Å². The average molecular weight is 257 g/mol. The minimum absolute atomic E-state index is 0.00370. The number of aliphatic hydroxyl groups is 2. The molecule has 4 N–H and O–H groups in total. The molecule has 0 bridgehead atoms. The zero-order valence-corrected chi connectivity index (χ0v) is 9.81. The predicted octanol–water partition coefficient (Wildman–Crippen LogP) is -1.53. The molecule has 2 heterocycles. The minimum Gasteiger partial charge on any atom is -0.491 e. The molecular formula is C10H15N3O5. The molecule has 3 atom stereocenters. The molecule has 0 radical (unpaired) electrons. The summed E-state index contributed by atoms with van der Waals surface area (Å²) in [7, 11) is 1.41. The Kier molecular flexibility index (Phi) is 3.50. The van der Waals surface area contributed by atoms with Gasteiger partial charge in [-0.2, -0.15) is 4.98 Å². The first-order valence-electron chi connectivity index (χ1n) is 5.43. The van der Waals surface area contributed by atoms with Gasteiger partial charge in [0.25, 0.3) is 0 Å². The molecule has 0 aromatic carbocycles. The molecule has 1 fully saturated rings. The number of nitrogens with two attached hydrogens (primary N) is 1. The third-order valence-electron chi connectivity index (χ3n) is 2.86. The van der Waals surface area contributed by atoms with E-state index in [1.54, 1.807) is 0 Å². The molecule has 0 spiro atoms. The summed E-state index contributed by atoms with van der Waals surface area (Å²) in [6.45, 7) is -0.314. The van der Waals surface area contributed by atoms with E-state index in [1.165, 1.54) is 17.9 Å². The number of aliphatic hydroxyl groups excluding tert-OH is 2. The standard InChI is InChI=1S/C10H15N3O5/c1-17-6-3-13(10(16)12-9(6)11)8-2-5(15)7(4-14)18-8/h3,5,7-8,14-15H,2,4H2,1H3,(H2,11,12,16)/t5-,7+,8+/m1/s1. The van der Waals surface area contributed by atoms with Crippen molar-refractivity contribution in [2.24, 2.45) is 0 Å². The van der Waals surface area contributed by atoms with Crippen LogP contribution in [0.1, 0.15) is 12.6 Å². The minimum atomic E-state index is -0.824. The van der Waals surface area contributed by atoms with Crippen molar-refractivity contribution in [3.63, 3.8) is 0 Å². The summed E-state index contributed by atoms with van der Waals surface area (Å²) in [5.41, 5.74) is 4.91.